The van der Waals surface area contributed by atoms with Crippen LogP contribution in [0.5, 0.6) is 0 Å². The second-order valence-electron chi connectivity index (χ2n) is 9.46. The van der Waals surface area contributed by atoms with Crippen molar-refractivity contribution in [3.05, 3.63) is 108 Å². The van der Waals surface area contributed by atoms with Crippen molar-refractivity contribution < 1.29 is 19.4 Å². The van der Waals surface area contributed by atoms with E-state index in [1.165, 1.54) is 11.8 Å². The number of carboxylic acid groups (broad SMARTS) is 1. The van der Waals surface area contributed by atoms with E-state index in [1.54, 1.807) is 0 Å². The molecule has 3 aromatic rings. The quantitative estimate of drug-likeness (QED) is 0.244. The minimum Gasteiger partial charge on any atom is -0.480 e. The Balaban J connectivity index is 1.48. The first kappa shape index (κ1) is 27.9. The Morgan fingerprint density at radius 1 is 0.842 bits per heavy atom. The average molecular weight is 533 g/mol. The summed E-state index contributed by atoms with van der Waals surface area (Å²) in [4.78, 5) is 27.3. The summed E-state index contributed by atoms with van der Waals surface area (Å²) in [5, 5.41) is 12.8. The zero-order valence-electron chi connectivity index (χ0n) is 21.6. The van der Waals surface area contributed by atoms with E-state index >= 15 is 0 Å². The van der Waals surface area contributed by atoms with Gasteiger partial charge in [0, 0.05) is 25.3 Å². The number of aliphatic carboxylic acids is 1. The first-order chi connectivity index (χ1) is 18.6. The van der Waals surface area contributed by atoms with Crippen LogP contribution in [0.4, 0.5) is 0 Å². The highest BCUT2D eigenvalue weighted by molar-refractivity contribution is 8.00. The monoisotopic (exact) mass is 532 g/mol. The Morgan fingerprint density at radius 3 is 1.82 bits per heavy atom. The molecule has 38 heavy (non-hydrogen) atoms. The number of benzene rings is 3. The lowest BCUT2D eigenvalue weighted by Crippen LogP contribution is -2.43. The van der Waals surface area contributed by atoms with Crippen LogP contribution in [0.15, 0.2) is 91.0 Å². The zero-order valence-corrected chi connectivity index (χ0v) is 22.4. The topological polar surface area (TPSA) is 78.9 Å². The molecular weight excluding hydrogens is 496 g/mol. The molecule has 1 fully saturated rings. The first-order valence-electron chi connectivity index (χ1n) is 13.2. The molecule has 4 rings (SSSR count). The molecule has 0 aromatic heterocycles. The molecule has 0 saturated carbocycles. The predicted octanol–water partition coefficient (Wildman–Crippen LogP) is 4.78. The lowest BCUT2D eigenvalue weighted by Gasteiger charge is -2.36. The molecule has 200 valence electrons. The molecule has 1 atom stereocenters. The molecule has 1 amide bonds. The van der Waals surface area contributed by atoms with Crippen LogP contribution in [0.3, 0.4) is 0 Å². The van der Waals surface area contributed by atoms with Gasteiger partial charge in [0.1, 0.15) is 6.04 Å². The zero-order chi connectivity index (χ0) is 26.6. The van der Waals surface area contributed by atoms with Crippen molar-refractivity contribution in [2.24, 2.45) is 0 Å². The van der Waals surface area contributed by atoms with Crippen molar-refractivity contribution in [2.45, 2.75) is 30.1 Å². The summed E-state index contributed by atoms with van der Waals surface area (Å²) in [6, 6.07) is 29.4. The van der Waals surface area contributed by atoms with Crippen LogP contribution in [-0.2, 0) is 19.1 Å². The lowest BCUT2D eigenvalue weighted by atomic mass is 9.84. The molecule has 1 aliphatic rings. The van der Waals surface area contributed by atoms with Gasteiger partial charge in [0.25, 0.3) is 0 Å². The largest absolute Gasteiger partial charge is 0.480 e. The fraction of sp³-hybridized carbons (Fsp3) is 0.355. The smallest absolute Gasteiger partial charge is 0.327 e. The van der Waals surface area contributed by atoms with Gasteiger partial charge in [-0.1, -0.05) is 91.0 Å². The molecule has 6 nitrogen and oxygen atoms in total. The fourth-order valence-corrected chi connectivity index (χ4v) is 6.41. The molecule has 1 aliphatic heterocycles. The van der Waals surface area contributed by atoms with E-state index in [1.807, 2.05) is 54.6 Å². The van der Waals surface area contributed by atoms with Gasteiger partial charge in [0.05, 0.1) is 18.0 Å². The van der Waals surface area contributed by atoms with Crippen LogP contribution in [0.2, 0.25) is 0 Å². The third-order valence-electron chi connectivity index (χ3n) is 6.87. The van der Waals surface area contributed by atoms with Crippen molar-refractivity contribution in [2.75, 3.05) is 38.6 Å². The van der Waals surface area contributed by atoms with Gasteiger partial charge in [0.15, 0.2) is 0 Å². The summed E-state index contributed by atoms with van der Waals surface area (Å²) in [5.74, 6) is -1.03. The fourth-order valence-electron chi connectivity index (χ4n) is 4.86. The van der Waals surface area contributed by atoms with Crippen LogP contribution in [0, 0.1) is 0 Å². The van der Waals surface area contributed by atoms with Crippen molar-refractivity contribution >= 4 is 23.6 Å². The minimum atomic E-state index is -1.03. The van der Waals surface area contributed by atoms with E-state index in [-0.39, 0.29) is 11.7 Å². The standard InChI is InChI=1S/C31H36N2O4S/c34-29(18-10-11-19-33-20-22-37-23-21-33)32-28(30(35)36)24-38-31(25-12-4-1-5-13-25,26-14-6-2-7-15-26)27-16-8-3-9-17-27/h1-9,12-17,28H,10-11,18-24H2,(H,32,34)(H,35,36). The Labute approximate surface area is 229 Å². The normalized spacial score (nSPS) is 15.1. The van der Waals surface area contributed by atoms with Crippen LogP contribution >= 0.6 is 11.8 Å². The number of hydrogen-bond donors (Lipinski definition) is 2. The van der Waals surface area contributed by atoms with Gasteiger partial charge in [0.2, 0.25) is 5.91 Å². The van der Waals surface area contributed by atoms with Gasteiger partial charge in [-0.25, -0.2) is 4.79 Å². The molecule has 7 heteroatoms. The number of carboxylic acids is 1. The number of morpholine rings is 1. The number of thioether (sulfide) groups is 1. The van der Waals surface area contributed by atoms with Crippen molar-refractivity contribution in [1.82, 2.24) is 10.2 Å². The third kappa shape index (κ3) is 7.25. The van der Waals surface area contributed by atoms with Gasteiger partial charge < -0.3 is 15.2 Å². The maximum absolute atomic E-state index is 12.7. The number of nitrogens with zero attached hydrogens (tertiary/aromatic N) is 1. The summed E-state index contributed by atoms with van der Waals surface area (Å²) in [6.07, 6.45) is 1.95. The van der Waals surface area contributed by atoms with Crippen LogP contribution in [0.25, 0.3) is 0 Å². The second-order valence-corrected chi connectivity index (χ2v) is 10.7. The Bertz CT molecular complexity index is 1040. The van der Waals surface area contributed by atoms with E-state index in [9.17, 15) is 14.7 Å². The maximum atomic E-state index is 12.7. The van der Waals surface area contributed by atoms with Gasteiger partial charge in [-0.05, 0) is 36.1 Å². The van der Waals surface area contributed by atoms with Gasteiger partial charge in [-0.3, -0.25) is 9.69 Å². The van der Waals surface area contributed by atoms with Crippen LogP contribution in [0.1, 0.15) is 36.0 Å². The Hall–Kier alpha value is -3.13. The molecule has 1 heterocycles. The summed E-state index contributed by atoms with van der Waals surface area (Å²) >= 11 is 1.54. The minimum absolute atomic E-state index is 0.216. The molecular formula is C31H36N2O4S. The summed E-state index contributed by atoms with van der Waals surface area (Å²) in [6.45, 7) is 4.30. The van der Waals surface area contributed by atoms with E-state index in [2.05, 4.69) is 46.6 Å². The van der Waals surface area contributed by atoms with E-state index < -0.39 is 16.8 Å². The van der Waals surface area contributed by atoms with Crippen LogP contribution in [-0.4, -0.2) is 66.5 Å². The first-order valence-corrected chi connectivity index (χ1v) is 14.2. The van der Waals surface area contributed by atoms with Gasteiger partial charge in [-0.15, -0.1) is 11.8 Å². The SMILES string of the molecule is O=C(CCCCN1CCOCC1)NC(CSC(c1ccccc1)(c1ccccc1)c1ccccc1)C(=O)O. The predicted molar refractivity (Wildman–Crippen MR) is 152 cm³/mol. The number of nitrogens with one attached hydrogen (secondary N) is 1. The number of rotatable bonds is 13. The Kier molecular flexibility index (Phi) is 10.4. The van der Waals surface area contributed by atoms with Crippen molar-refractivity contribution in [3.8, 4) is 0 Å². The van der Waals surface area contributed by atoms with E-state index in [0.29, 0.717) is 6.42 Å². The van der Waals surface area contributed by atoms with Gasteiger partial charge in [-0.2, -0.15) is 0 Å². The average Bonchev–Trinajstić information content (AvgIpc) is 2.97. The molecule has 3 aromatic carbocycles. The molecule has 0 radical (unpaired) electrons. The number of carbonyl (C=O) groups excluding carboxylic acids is 1. The maximum Gasteiger partial charge on any atom is 0.327 e. The number of carbonyl (C=O) groups is 2. The third-order valence-corrected chi connectivity index (χ3v) is 8.51. The molecule has 2 N–H and O–H groups in total. The Morgan fingerprint density at radius 2 is 1.34 bits per heavy atom. The molecule has 1 unspecified atom stereocenters. The second kappa shape index (κ2) is 14.1. The molecule has 0 spiro atoms. The summed E-state index contributed by atoms with van der Waals surface area (Å²) in [7, 11) is 0. The molecule has 0 bridgehead atoms. The highest BCUT2D eigenvalue weighted by Gasteiger charge is 2.38. The molecule has 1 saturated heterocycles. The van der Waals surface area contributed by atoms with E-state index in [4.69, 9.17) is 4.74 Å². The van der Waals surface area contributed by atoms with Gasteiger partial charge >= 0.3 is 5.97 Å². The van der Waals surface area contributed by atoms with E-state index in [0.717, 1.165) is 62.4 Å². The lowest BCUT2D eigenvalue weighted by molar-refractivity contribution is -0.141. The number of hydrogen-bond acceptors (Lipinski definition) is 5. The number of ether oxygens (including phenoxy) is 1. The number of unbranched alkanes of at least 4 members (excludes halogenated alkanes) is 1. The van der Waals surface area contributed by atoms with Crippen molar-refractivity contribution in [1.29, 1.82) is 0 Å². The number of amides is 1. The molecule has 0 aliphatic carbocycles. The summed E-state index contributed by atoms with van der Waals surface area (Å²) in [5.41, 5.74) is 3.17. The van der Waals surface area contributed by atoms with Crippen LogP contribution < -0.4 is 5.32 Å². The highest BCUT2D eigenvalue weighted by Crippen LogP contribution is 2.48. The van der Waals surface area contributed by atoms with Crippen molar-refractivity contribution in [3.63, 3.8) is 0 Å². The highest BCUT2D eigenvalue weighted by atomic mass is 32.2. The summed E-state index contributed by atoms with van der Waals surface area (Å²) < 4.78 is 4.74.